The normalized spacial score (nSPS) is 9.70. The van der Waals surface area contributed by atoms with Gasteiger partial charge in [-0.15, -0.1) is 0 Å². The number of hydrogen-bond donors (Lipinski definition) is 3. The van der Waals surface area contributed by atoms with E-state index in [1.165, 1.54) is 17.0 Å². The predicted octanol–water partition coefficient (Wildman–Crippen LogP) is 0.272. The van der Waals surface area contributed by atoms with Gasteiger partial charge in [0.25, 0.3) is 0 Å². The summed E-state index contributed by atoms with van der Waals surface area (Å²) in [4.78, 5) is 34.9. The fourth-order valence-corrected chi connectivity index (χ4v) is 1.37. The zero-order valence-electron chi connectivity index (χ0n) is 11.3. The Morgan fingerprint density at radius 2 is 1.90 bits per heavy atom. The van der Waals surface area contributed by atoms with Crippen molar-refractivity contribution in [3.05, 3.63) is 35.4 Å². The van der Waals surface area contributed by atoms with Gasteiger partial charge < -0.3 is 20.6 Å². The summed E-state index contributed by atoms with van der Waals surface area (Å²) in [6.45, 7) is 0.0944. The van der Waals surface area contributed by atoms with E-state index in [1.807, 2.05) is 0 Å². The van der Waals surface area contributed by atoms with Crippen molar-refractivity contribution in [2.75, 3.05) is 20.6 Å². The van der Waals surface area contributed by atoms with Crippen molar-refractivity contribution < 1.29 is 19.5 Å². The van der Waals surface area contributed by atoms with Crippen LogP contribution < -0.4 is 10.6 Å². The molecule has 7 heteroatoms. The highest BCUT2D eigenvalue weighted by Gasteiger charge is 2.07. The van der Waals surface area contributed by atoms with Crippen LogP contribution in [0.3, 0.4) is 0 Å². The molecule has 0 aliphatic carbocycles. The van der Waals surface area contributed by atoms with Crippen molar-refractivity contribution in [2.45, 2.75) is 6.54 Å². The highest BCUT2D eigenvalue weighted by Crippen LogP contribution is 2.04. The molecule has 1 rings (SSSR count). The molecule has 3 amide bonds. The van der Waals surface area contributed by atoms with E-state index in [2.05, 4.69) is 10.6 Å². The number of benzene rings is 1. The Kier molecular flexibility index (Phi) is 5.52. The van der Waals surface area contributed by atoms with Crippen LogP contribution in [0, 0.1) is 0 Å². The third-order valence-electron chi connectivity index (χ3n) is 2.53. The smallest absolute Gasteiger partial charge is 0.335 e. The Bertz CT molecular complexity index is 514. The number of rotatable bonds is 5. The first-order chi connectivity index (χ1) is 9.40. The molecule has 0 fully saturated rings. The van der Waals surface area contributed by atoms with Crippen LogP contribution in [-0.4, -0.2) is 48.6 Å². The molecule has 0 unspecified atom stereocenters. The lowest BCUT2D eigenvalue weighted by Crippen LogP contribution is -2.41. The highest BCUT2D eigenvalue weighted by molar-refractivity contribution is 5.87. The first-order valence-electron chi connectivity index (χ1n) is 5.94. The van der Waals surface area contributed by atoms with Gasteiger partial charge in [-0.1, -0.05) is 12.1 Å². The van der Waals surface area contributed by atoms with Crippen LogP contribution in [0.4, 0.5) is 4.79 Å². The number of likely N-dealkylation sites (N-methyl/N-ethyl adjacent to an activating group) is 1. The minimum absolute atomic E-state index is 0.0893. The summed E-state index contributed by atoms with van der Waals surface area (Å²) in [6, 6.07) is 5.78. The molecule has 0 saturated carbocycles. The molecule has 0 aromatic heterocycles. The maximum Gasteiger partial charge on any atom is 0.335 e. The van der Waals surface area contributed by atoms with E-state index in [9.17, 15) is 14.4 Å². The zero-order chi connectivity index (χ0) is 15.1. The largest absolute Gasteiger partial charge is 0.478 e. The van der Waals surface area contributed by atoms with Gasteiger partial charge in [-0.25, -0.2) is 9.59 Å². The molecule has 1 aromatic rings. The van der Waals surface area contributed by atoms with Crippen LogP contribution in [-0.2, 0) is 11.3 Å². The average molecular weight is 279 g/mol. The number of carboxylic acid groups (broad SMARTS) is 1. The van der Waals surface area contributed by atoms with Gasteiger partial charge in [0.2, 0.25) is 5.91 Å². The number of aromatic carboxylic acids is 1. The van der Waals surface area contributed by atoms with Gasteiger partial charge >= 0.3 is 12.0 Å². The third kappa shape index (κ3) is 4.97. The number of amides is 3. The summed E-state index contributed by atoms with van der Waals surface area (Å²) in [7, 11) is 3.19. The summed E-state index contributed by atoms with van der Waals surface area (Å²) in [5.41, 5.74) is 0.825. The van der Waals surface area contributed by atoms with Crippen molar-refractivity contribution >= 4 is 17.9 Å². The third-order valence-corrected chi connectivity index (χ3v) is 2.53. The van der Waals surface area contributed by atoms with Gasteiger partial charge in [0.05, 0.1) is 12.1 Å². The summed E-state index contributed by atoms with van der Waals surface area (Å²) in [5.74, 6) is -1.24. The van der Waals surface area contributed by atoms with Gasteiger partial charge in [-0.05, 0) is 17.7 Å². The molecular weight excluding hydrogens is 262 g/mol. The lowest BCUT2D eigenvalue weighted by molar-refractivity contribution is -0.127. The average Bonchev–Trinajstić information content (AvgIpc) is 2.42. The fourth-order valence-electron chi connectivity index (χ4n) is 1.37. The van der Waals surface area contributed by atoms with Crippen LogP contribution in [0.15, 0.2) is 24.3 Å². The fraction of sp³-hybridized carbons (Fsp3) is 0.308. The van der Waals surface area contributed by atoms with Crippen molar-refractivity contribution in [3.8, 4) is 0 Å². The monoisotopic (exact) mass is 279 g/mol. The van der Waals surface area contributed by atoms with E-state index < -0.39 is 12.0 Å². The van der Waals surface area contributed by atoms with Crippen LogP contribution in [0.5, 0.6) is 0 Å². The topological polar surface area (TPSA) is 98.7 Å². The molecule has 108 valence electrons. The molecular formula is C13H17N3O4. The van der Waals surface area contributed by atoms with Gasteiger partial charge in [-0.3, -0.25) is 4.79 Å². The number of carbonyl (C=O) groups is 3. The molecule has 1 aromatic carbocycles. The molecule has 3 N–H and O–H groups in total. The lowest BCUT2D eigenvalue weighted by atomic mass is 10.1. The van der Waals surface area contributed by atoms with Gasteiger partial charge in [0.1, 0.15) is 0 Å². The number of carboxylic acids is 1. The molecule has 0 spiro atoms. The Morgan fingerprint density at radius 1 is 1.20 bits per heavy atom. The van der Waals surface area contributed by atoms with E-state index in [0.717, 1.165) is 0 Å². The number of hydrogen-bond acceptors (Lipinski definition) is 3. The van der Waals surface area contributed by atoms with E-state index in [1.54, 1.807) is 26.2 Å². The van der Waals surface area contributed by atoms with Gasteiger partial charge in [0.15, 0.2) is 0 Å². The minimum atomic E-state index is -1.02. The number of carbonyl (C=O) groups excluding carboxylic acids is 2. The summed E-state index contributed by atoms with van der Waals surface area (Å²) in [5, 5.41) is 13.8. The van der Waals surface area contributed by atoms with E-state index >= 15 is 0 Å². The molecule has 20 heavy (non-hydrogen) atoms. The quantitative estimate of drug-likeness (QED) is 0.720. The van der Waals surface area contributed by atoms with E-state index in [0.29, 0.717) is 5.56 Å². The second-order valence-corrected chi connectivity index (χ2v) is 4.33. The standard InChI is InChI=1S/C13H17N3O4/c1-16(2)11(17)8-15-13(20)14-7-9-4-3-5-10(6-9)12(18)19/h3-6H,7-8H2,1-2H3,(H,18,19)(H2,14,15,20). The minimum Gasteiger partial charge on any atom is -0.478 e. The van der Waals surface area contributed by atoms with Crippen LogP contribution in [0.2, 0.25) is 0 Å². The van der Waals surface area contributed by atoms with Gasteiger partial charge in [-0.2, -0.15) is 0 Å². The lowest BCUT2D eigenvalue weighted by Gasteiger charge is -2.11. The van der Waals surface area contributed by atoms with Crippen molar-refractivity contribution in [1.29, 1.82) is 0 Å². The highest BCUT2D eigenvalue weighted by atomic mass is 16.4. The Hall–Kier alpha value is -2.57. The molecule has 0 bridgehead atoms. The number of urea groups is 1. The van der Waals surface area contributed by atoms with Crippen LogP contribution in [0.25, 0.3) is 0 Å². The second kappa shape index (κ2) is 7.13. The summed E-state index contributed by atoms with van der Waals surface area (Å²) < 4.78 is 0. The first-order valence-corrected chi connectivity index (χ1v) is 5.94. The summed E-state index contributed by atoms with van der Waals surface area (Å²) >= 11 is 0. The Morgan fingerprint density at radius 3 is 2.50 bits per heavy atom. The van der Waals surface area contributed by atoms with Crippen molar-refractivity contribution in [3.63, 3.8) is 0 Å². The summed E-state index contributed by atoms with van der Waals surface area (Å²) in [6.07, 6.45) is 0. The second-order valence-electron chi connectivity index (χ2n) is 4.33. The van der Waals surface area contributed by atoms with E-state index in [4.69, 9.17) is 5.11 Å². The van der Waals surface area contributed by atoms with E-state index in [-0.39, 0.29) is 24.6 Å². The van der Waals surface area contributed by atoms with Crippen molar-refractivity contribution in [1.82, 2.24) is 15.5 Å². The van der Waals surface area contributed by atoms with Crippen LogP contribution in [0.1, 0.15) is 15.9 Å². The Balaban J connectivity index is 2.43. The predicted molar refractivity (Wildman–Crippen MR) is 72.3 cm³/mol. The molecule has 0 atom stereocenters. The maximum atomic E-state index is 11.5. The molecule has 0 heterocycles. The SMILES string of the molecule is CN(C)C(=O)CNC(=O)NCc1cccc(C(=O)O)c1. The van der Waals surface area contributed by atoms with Crippen molar-refractivity contribution in [2.24, 2.45) is 0 Å². The zero-order valence-corrected chi connectivity index (χ0v) is 11.3. The van der Waals surface area contributed by atoms with Crippen LogP contribution >= 0.6 is 0 Å². The maximum absolute atomic E-state index is 11.5. The molecule has 0 saturated heterocycles. The number of nitrogens with one attached hydrogen (secondary N) is 2. The number of nitrogens with zero attached hydrogens (tertiary/aromatic N) is 1. The molecule has 0 aliphatic heterocycles. The molecule has 0 radical (unpaired) electrons. The first kappa shape index (κ1) is 15.5. The van der Waals surface area contributed by atoms with Gasteiger partial charge in [0, 0.05) is 20.6 Å². The Labute approximate surface area is 116 Å². The molecule has 0 aliphatic rings. The molecule has 7 nitrogen and oxygen atoms in total.